The summed E-state index contributed by atoms with van der Waals surface area (Å²) in [5, 5.41) is 3.62. The highest BCUT2D eigenvalue weighted by Gasteiger charge is 2.28. The van der Waals surface area contributed by atoms with E-state index >= 15 is 0 Å². The third-order valence-corrected chi connectivity index (χ3v) is 5.50. The van der Waals surface area contributed by atoms with Crippen LogP contribution in [0.25, 0.3) is 0 Å². The van der Waals surface area contributed by atoms with Gasteiger partial charge in [0.2, 0.25) is 0 Å². The largest absolute Gasteiger partial charge is 0.461 e. The second-order valence-electron chi connectivity index (χ2n) is 8.15. The molecule has 0 aromatic heterocycles. The Morgan fingerprint density at radius 3 is 1.85 bits per heavy atom. The minimum absolute atomic E-state index is 0. The molecular weight excluding hydrogens is 362 g/mol. The Balaban J connectivity index is 0.00000676. The molecule has 0 unspecified atom stereocenters. The topological polar surface area (TPSA) is 55.4 Å². The van der Waals surface area contributed by atoms with Gasteiger partial charge in [-0.1, -0.05) is 57.8 Å². The van der Waals surface area contributed by atoms with Crippen LogP contribution in [0.5, 0.6) is 0 Å². The Labute approximate surface area is 173 Å². The Kier molecular flexibility index (Phi) is 16.0. The molecular formula is C22H42ClNO3. The highest BCUT2D eigenvalue weighted by atomic mass is 35.5. The lowest BCUT2D eigenvalue weighted by Gasteiger charge is -2.35. The van der Waals surface area contributed by atoms with E-state index in [1.165, 1.54) is 71.1 Å². The van der Waals surface area contributed by atoms with Gasteiger partial charge in [-0.15, -0.1) is 12.4 Å². The molecule has 1 aliphatic heterocycles. The number of esters is 1. The maximum absolute atomic E-state index is 11.1. The van der Waals surface area contributed by atoms with Gasteiger partial charge >= 0.3 is 5.97 Å². The van der Waals surface area contributed by atoms with E-state index in [0.717, 1.165) is 25.7 Å². The molecule has 1 fully saturated rings. The van der Waals surface area contributed by atoms with E-state index in [1.807, 2.05) is 0 Å². The number of unbranched alkanes of at least 4 members (excludes halogenated alkanes) is 9. The van der Waals surface area contributed by atoms with Gasteiger partial charge in [0.25, 0.3) is 0 Å². The summed E-state index contributed by atoms with van der Waals surface area (Å²) in [5.41, 5.74) is 0. The van der Waals surface area contributed by atoms with Crippen LogP contribution in [0, 0.1) is 0 Å². The van der Waals surface area contributed by atoms with E-state index in [4.69, 9.17) is 4.74 Å². The monoisotopic (exact) mass is 403 g/mol. The number of hydrogen-bond donors (Lipinski definition) is 1. The second kappa shape index (κ2) is 16.4. The van der Waals surface area contributed by atoms with Crippen LogP contribution in [0.3, 0.4) is 0 Å². The minimum atomic E-state index is -0.168. The molecule has 0 aliphatic carbocycles. The van der Waals surface area contributed by atoms with Gasteiger partial charge in [0.15, 0.2) is 0 Å². The van der Waals surface area contributed by atoms with E-state index < -0.39 is 0 Å². The molecule has 0 aromatic carbocycles. The van der Waals surface area contributed by atoms with Gasteiger partial charge in [0.05, 0.1) is 0 Å². The Bertz CT molecular complexity index is 403. The summed E-state index contributed by atoms with van der Waals surface area (Å²) in [4.78, 5) is 21.9. The fraction of sp³-hybridized carbons (Fsp3) is 0.909. The van der Waals surface area contributed by atoms with E-state index in [-0.39, 0.29) is 30.5 Å². The predicted molar refractivity (Wildman–Crippen MR) is 115 cm³/mol. The molecule has 1 aliphatic rings. The van der Waals surface area contributed by atoms with E-state index in [1.54, 1.807) is 6.92 Å². The maximum Gasteiger partial charge on any atom is 0.302 e. The summed E-state index contributed by atoms with van der Waals surface area (Å²) in [6, 6.07) is 0.861. The summed E-state index contributed by atoms with van der Waals surface area (Å²) >= 11 is 0. The van der Waals surface area contributed by atoms with Gasteiger partial charge in [-0.3, -0.25) is 4.79 Å². The summed E-state index contributed by atoms with van der Waals surface area (Å²) in [5.74, 6) is 0.158. The van der Waals surface area contributed by atoms with Crippen molar-refractivity contribution in [2.45, 2.75) is 129 Å². The number of nitrogens with one attached hydrogen (secondary N) is 1. The molecule has 1 rings (SSSR count). The third kappa shape index (κ3) is 14.1. The Hall–Kier alpha value is -0.610. The molecule has 27 heavy (non-hydrogen) atoms. The van der Waals surface area contributed by atoms with Crippen LogP contribution in [0.4, 0.5) is 0 Å². The number of ketones is 1. The molecule has 4 nitrogen and oxygen atoms in total. The Morgan fingerprint density at radius 2 is 1.37 bits per heavy atom. The molecule has 0 saturated carbocycles. The number of carbonyl (C=O) groups excluding carboxylic acids is 2. The fourth-order valence-corrected chi connectivity index (χ4v) is 3.96. The lowest BCUT2D eigenvalue weighted by atomic mass is 9.93. The SMILES string of the molecule is CC(=O)CCCCCCCCCCCC[C@H]1CC[C@@H](OC(C)=O)[C@@H](C)N1.Cl. The van der Waals surface area contributed by atoms with Gasteiger partial charge in [0.1, 0.15) is 11.9 Å². The van der Waals surface area contributed by atoms with Crippen LogP contribution < -0.4 is 5.32 Å². The fourth-order valence-electron chi connectivity index (χ4n) is 3.96. The van der Waals surface area contributed by atoms with Crippen LogP contribution in [-0.2, 0) is 14.3 Å². The first-order valence-corrected chi connectivity index (χ1v) is 10.9. The van der Waals surface area contributed by atoms with E-state index in [9.17, 15) is 9.59 Å². The second-order valence-corrected chi connectivity index (χ2v) is 8.15. The number of piperidine rings is 1. The third-order valence-electron chi connectivity index (χ3n) is 5.50. The van der Waals surface area contributed by atoms with Crippen molar-refractivity contribution in [1.29, 1.82) is 0 Å². The first-order chi connectivity index (χ1) is 12.5. The van der Waals surface area contributed by atoms with Crippen LogP contribution in [0.1, 0.15) is 111 Å². The van der Waals surface area contributed by atoms with Crippen molar-refractivity contribution in [3.63, 3.8) is 0 Å². The molecule has 0 bridgehead atoms. The van der Waals surface area contributed by atoms with Gasteiger partial charge < -0.3 is 14.8 Å². The van der Waals surface area contributed by atoms with Crippen molar-refractivity contribution >= 4 is 24.2 Å². The molecule has 5 heteroatoms. The lowest BCUT2D eigenvalue weighted by molar-refractivity contribution is -0.149. The van der Waals surface area contributed by atoms with Crippen molar-refractivity contribution in [3.05, 3.63) is 0 Å². The van der Waals surface area contributed by atoms with Crippen molar-refractivity contribution < 1.29 is 14.3 Å². The zero-order chi connectivity index (χ0) is 19.2. The minimum Gasteiger partial charge on any atom is -0.461 e. The highest BCUT2D eigenvalue weighted by Crippen LogP contribution is 2.21. The normalized spacial score (nSPS) is 22.1. The van der Waals surface area contributed by atoms with Gasteiger partial charge in [-0.25, -0.2) is 0 Å². The van der Waals surface area contributed by atoms with Crippen LogP contribution in [0.2, 0.25) is 0 Å². The summed E-state index contributed by atoms with van der Waals surface area (Å²) in [6.07, 6.45) is 17.1. The smallest absolute Gasteiger partial charge is 0.302 e. The van der Waals surface area contributed by atoms with Crippen LogP contribution >= 0.6 is 12.4 Å². The zero-order valence-corrected chi connectivity index (χ0v) is 18.6. The van der Waals surface area contributed by atoms with Crippen LogP contribution in [-0.4, -0.2) is 29.9 Å². The summed E-state index contributed by atoms with van der Waals surface area (Å²) < 4.78 is 5.36. The number of Topliss-reactive ketones (excluding diaryl/α,β-unsaturated/α-hetero) is 1. The van der Waals surface area contributed by atoms with Crippen molar-refractivity contribution in [2.24, 2.45) is 0 Å². The van der Waals surface area contributed by atoms with Crippen molar-refractivity contribution in [2.75, 3.05) is 0 Å². The molecule has 1 heterocycles. The first-order valence-electron chi connectivity index (χ1n) is 10.9. The maximum atomic E-state index is 11.1. The molecule has 0 aromatic rings. The number of halogens is 1. The van der Waals surface area contributed by atoms with E-state index in [2.05, 4.69) is 12.2 Å². The quantitative estimate of drug-likeness (QED) is 0.296. The molecule has 0 spiro atoms. The van der Waals surface area contributed by atoms with Gasteiger partial charge in [-0.2, -0.15) is 0 Å². The molecule has 160 valence electrons. The number of rotatable bonds is 14. The van der Waals surface area contributed by atoms with Crippen molar-refractivity contribution in [1.82, 2.24) is 5.32 Å². The molecule has 1 saturated heterocycles. The Morgan fingerprint density at radius 1 is 0.852 bits per heavy atom. The van der Waals surface area contributed by atoms with Gasteiger partial charge in [-0.05, 0) is 39.5 Å². The highest BCUT2D eigenvalue weighted by molar-refractivity contribution is 5.85. The number of ether oxygens (including phenoxy) is 1. The number of hydrogen-bond acceptors (Lipinski definition) is 4. The van der Waals surface area contributed by atoms with Crippen LogP contribution in [0.15, 0.2) is 0 Å². The summed E-state index contributed by atoms with van der Waals surface area (Å²) in [7, 11) is 0. The summed E-state index contributed by atoms with van der Waals surface area (Å²) in [6.45, 7) is 5.30. The molecule has 0 amide bonds. The molecule has 0 radical (unpaired) electrons. The number of carbonyl (C=O) groups is 2. The average molecular weight is 404 g/mol. The lowest BCUT2D eigenvalue weighted by Crippen LogP contribution is -2.50. The molecule has 1 N–H and O–H groups in total. The predicted octanol–water partition coefficient (Wildman–Crippen LogP) is 5.75. The zero-order valence-electron chi connectivity index (χ0n) is 17.8. The average Bonchev–Trinajstić information content (AvgIpc) is 2.57. The van der Waals surface area contributed by atoms with Crippen molar-refractivity contribution in [3.8, 4) is 0 Å². The standard InChI is InChI=1S/C22H41NO3.ClH/c1-18(24)14-12-10-8-6-4-5-7-9-11-13-15-21-16-17-22(19(2)23-21)26-20(3)25;/h19,21-23H,4-17H2,1-3H3;1H/t19-,21+,22-;/m1./s1. The van der Waals surface area contributed by atoms with E-state index in [0.29, 0.717) is 11.8 Å². The molecule has 3 atom stereocenters. The van der Waals surface area contributed by atoms with Gasteiger partial charge in [0, 0.05) is 25.4 Å². The first kappa shape index (κ1) is 26.4.